The zero-order chi connectivity index (χ0) is 16.7. The van der Waals surface area contributed by atoms with Crippen molar-refractivity contribution in [3.05, 3.63) is 81.0 Å². The SMILES string of the molecule is COc1ccc(/C=C2\c3ccccc3C(=O)c3ccsc32)cc1O. The Labute approximate surface area is 143 Å². The van der Waals surface area contributed by atoms with Crippen molar-refractivity contribution in [3.63, 3.8) is 0 Å². The Kier molecular flexibility index (Phi) is 3.47. The Morgan fingerprint density at radius 1 is 1.04 bits per heavy atom. The van der Waals surface area contributed by atoms with Gasteiger partial charge in [-0.05, 0) is 40.8 Å². The molecule has 4 heteroatoms. The van der Waals surface area contributed by atoms with Crippen LogP contribution in [0.2, 0.25) is 0 Å². The number of phenolic OH excluding ortho intramolecular Hbond substituents is 1. The van der Waals surface area contributed by atoms with Gasteiger partial charge in [-0.1, -0.05) is 30.3 Å². The number of fused-ring (bicyclic) bond motifs is 2. The van der Waals surface area contributed by atoms with Crippen LogP contribution in [0.15, 0.2) is 53.9 Å². The molecule has 3 aromatic rings. The summed E-state index contributed by atoms with van der Waals surface area (Å²) in [4.78, 5) is 13.6. The van der Waals surface area contributed by atoms with Crippen molar-refractivity contribution in [1.29, 1.82) is 0 Å². The molecule has 1 aromatic heterocycles. The van der Waals surface area contributed by atoms with E-state index in [2.05, 4.69) is 0 Å². The predicted octanol–water partition coefficient (Wildman–Crippen LogP) is 4.60. The van der Waals surface area contributed by atoms with E-state index in [9.17, 15) is 9.90 Å². The number of methoxy groups -OCH3 is 1. The van der Waals surface area contributed by atoms with Gasteiger partial charge in [0.05, 0.1) is 7.11 Å². The van der Waals surface area contributed by atoms with Gasteiger partial charge in [0.1, 0.15) is 0 Å². The third-order valence-corrected chi connectivity index (χ3v) is 5.08. The van der Waals surface area contributed by atoms with Crippen molar-refractivity contribution in [3.8, 4) is 11.5 Å². The van der Waals surface area contributed by atoms with Crippen molar-refractivity contribution in [2.24, 2.45) is 0 Å². The lowest BCUT2D eigenvalue weighted by molar-refractivity contribution is 0.103. The van der Waals surface area contributed by atoms with E-state index in [0.29, 0.717) is 11.3 Å². The van der Waals surface area contributed by atoms with Crippen LogP contribution in [-0.2, 0) is 0 Å². The van der Waals surface area contributed by atoms with Crippen molar-refractivity contribution in [1.82, 2.24) is 0 Å². The maximum Gasteiger partial charge on any atom is 0.195 e. The first-order valence-electron chi connectivity index (χ1n) is 7.49. The second kappa shape index (κ2) is 5.65. The van der Waals surface area contributed by atoms with E-state index in [1.54, 1.807) is 23.5 Å². The Balaban J connectivity index is 1.92. The third kappa shape index (κ3) is 2.23. The molecule has 0 radical (unpaired) electrons. The van der Waals surface area contributed by atoms with Gasteiger partial charge in [0.15, 0.2) is 17.3 Å². The summed E-state index contributed by atoms with van der Waals surface area (Å²) < 4.78 is 5.09. The molecule has 1 N–H and O–H groups in total. The zero-order valence-corrected chi connectivity index (χ0v) is 13.8. The van der Waals surface area contributed by atoms with Crippen LogP contribution in [0.4, 0.5) is 0 Å². The van der Waals surface area contributed by atoms with Crippen LogP contribution in [-0.4, -0.2) is 18.0 Å². The topological polar surface area (TPSA) is 46.5 Å². The van der Waals surface area contributed by atoms with E-state index in [1.165, 1.54) is 7.11 Å². The number of aromatic hydroxyl groups is 1. The number of phenols is 1. The van der Waals surface area contributed by atoms with Gasteiger partial charge in [0, 0.05) is 21.6 Å². The van der Waals surface area contributed by atoms with Crippen LogP contribution < -0.4 is 4.74 Å². The maximum absolute atomic E-state index is 12.6. The molecule has 24 heavy (non-hydrogen) atoms. The second-order valence-corrected chi connectivity index (χ2v) is 6.44. The van der Waals surface area contributed by atoms with Crippen LogP contribution in [0, 0.1) is 0 Å². The summed E-state index contributed by atoms with van der Waals surface area (Å²) in [5, 5.41) is 11.9. The Morgan fingerprint density at radius 2 is 1.83 bits per heavy atom. The quantitative estimate of drug-likeness (QED) is 0.583. The smallest absolute Gasteiger partial charge is 0.195 e. The fourth-order valence-corrected chi connectivity index (χ4v) is 3.91. The Morgan fingerprint density at radius 3 is 2.58 bits per heavy atom. The summed E-state index contributed by atoms with van der Waals surface area (Å²) in [6, 6.07) is 14.8. The minimum absolute atomic E-state index is 0.0663. The predicted molar refractivity (Wildman–Crippen MR) is 95.8 cm³/mol. The molecule has 0 fully saturated rings. The molecular weight excluding hydrogens is 320 g/mol. The van der Waals surface area contributed by atoms with Gasteiger partial charge in [0.2, 0.25) is 0 Å². The minimum atomic E-state index is 0.0663. The standard InChI is InChI=1S/C20H14O3S/c1-23-18-7-6-12(11-17(18)21)10-16-13-4-2-3-5-14(13)19(22)15-8-9-24-20(15)16/h2-11,21H,1H3/b16-10+. The maximum atomic E-state index is 12.6. The molecule has 3 nitrogen and oxygen atoms in total. The Bertz CT molecular complexity index is 982. The molecule has 0 saturated heterocycles. The lowest BCUT2D eigenvalue weighted by Gasteiger charge is -2.18. The molecule has 0 unspecified atom stereocenters. The average molecular weight is 334 g/mol. The summed E-state index contributed by atoms with van der Waals surface area (Å²) >= 11 is 1.56. The number of carbonyl (C=O) groups excluding carboxylic acids is 1. The van der Waals surface area contributed by atoms with Crippen LogP contribution in [0.3, 0.4) is 0 Å². The van der Waals surface area contributed by atoms with E-state index < -0.39 is 0 Å². The number of rotatable bonds is 2. The summed E-state index contributed by atoms with van der Waals surface area (Å²) in [5.74, 6) is 0.600. The van der Waals surface area contributed by atoms with E-state index in [4.69, 9.17) is 4.74 Å². The Hall–Kier alpha value is -2.85. The van der Waals surface area contributed by atoms with Gasteiger partial charge in [-0.15, -0.1) is 11.3 Å². The van der Waals surface area contributed by atoms with Gasteiger partial charge in [-0.25, -0.2) is 0 Å². The number of hydrogen-bond acceptors (Lipinski definition) is 4. The molecule has 1 heterocycles. The third-order valence-electron chi connectivity index (χ3n) is 4.13. The van der Waals surface area contributed by atoms with Crippen LogP contribution in [0.1, 0.15) is 31.9 Å². The normalized spacial score (nSPS) is 14.4. The highest BCUT2D eigenvalue weighted by Crippen LogP contribution is 2.40. The molecule has 1 aliphatic carbocycles. The largest absolute Gasteiger partial charge is 0.504 e. The molecule has 0 spiro atoms. The van der Waals surface area contributed by atoms with E-state index in [-0.39, 0.29) is 11.5 Å². The van der Waals surface area contributed by atoms with Crippen molar-refractivity contribution >= 4 is 28.8 Å². The van der Waals surface area contributed by atoms with Gasteiger partial charge >= 0.3 is 0 Å². The van der Waals surface area contributed by atoms with Gasteiger partial charge < -0.3 is 9.84 Å². The number of benzene rings is 2. The van der Waals surface area contributed by atoms with Crippen LogP contribution in [0.5, 0.6) is 11.5 Å². The molecule has 0 aliphatic heterocycles. The van der Waals surface area contributed by atoms with Gasteiger partial charge in [-0.2, -0.15) is 0 Å². The minimum Gasteiger partial charge on any atom is -0.504 e. The molecule has 118 valence electrons. The number of thiophene rings is 1. The van der Waals surface area contributed by atoms with Crippen molar-refractivity contribution in [2.75, 3.05) is 7.11 Å². The highest BCUT2D eigenvalue weighted by atomic mass is 32.1. The zero-order valence-electron chi connectivity index (χ0n) is 12.9. The second-order valence-electron chi connectivity index (χ2n) is 5.53. The van der Waals surface area contributed by atoms with E-state index in [1.807, 2.05) is 47.9 Å². The summed E-state index contributed by atoms with van der Waals surface area (Å²) in [5.41, 5.74) is 4.23. The van der Waals surface area contributed by atoms with Gasteiger partial charge in [-0.3, -0.25) is 4.79 Å². The first kappa shape index (κ1) is 14.7. The number of hydrogen-bond donors (Lipinski definition) is 1. The first-order chi connectivity index (χ1) is 11.7. The van der Waals surface area contributed by atoms with E-state index in [0.717, 1.165) is 27.1 Å². The summed E-state index contributed by atoms with van der Waals surface area (Å²) in [6.45, 7) is 0. The molecular formula is C20H14O3S. The molecule has 2 aromatic carbocycles. The molecule has 0 saturated carbocycles. The van der Waals surface area contributed by atoms with Crippen molar-refractivity contribution < 1.29 is 14.6 Å². The number of ketones is 1. The van der Waals surface area contributed by atoms with E-state index >= 15 is 0 Å². The van der Waals surface area contributed by atoms with Crippen molar-refractivity contribution in [2.45, 2.75) is 0 Å². The summed E-state index contributed by atoms with van der Waals surface area (Å²) in [6.07, 6.45) is 2.00. The highest BCUT2D eigenvalue weighted by molar-refractivity contribution is 7.11. The number of ether oxygens (including phenoxy) is 1. The summed E-state index contributed by atoms with van der Waals surface area (Å²) in [7, 11) is 1.52. The fraction of sp³-hybridized carbons (Fsp3) is 0.0500. The molecule has 0 bridgehead atoms. The lowest BCUT2D eigenvalue weighted by Crippen LogP contribution is -2.11. The van der Waals surface area contributed by atoms with Gasteiger partial charge in [0.25, 0.3) is 0 Å². The monoisotopic (exact) mass is 334 g/mol. The number of carbonyl (C=O) groups is 1. The lowest BCUT2D eigenvalue weighted by atomic mass is 9.85. The molecule has 0 amide bonds. The first-order valence-corrected chi connectivity index (χ1v) is 8.37. The molecule has 4 rings (SSSR count). The molecule has 0 atom stereocenters. The fourth-order valence-electron chi connectivity index (χ4n) is 2.99. The highest BCUT2D eigenvalue weighted by Gasteiger charge is 2.27. The molecule has 1 aliphatic rings. The van der Waals surface area contributed by atoms with Crippen LogP contribution in [0.25, 0.3) is 11.6 Å². The van der Waals surface area contributed by atoms with Crippen LogP contribution >= 0.6 is 11.3 Å². The average Bonchev–Trinajstić information content (AvgIpc) is 3.09.